The molecule has 150 valence electrons. The molecule has 29 heavy (non-hydrogen) atoms. The van der Waals surface area contributed by atoms with E-state index in [1.165, 1.54) is 10.8 Å². The van der Waals surface area contributed by atoms with Gasteiger partial charge in [0.1, 0.15) is 0 Å². The van der Waals surface area contributed by atoms with E-state index in [9.17, 15) is 13.2 Å². The van der Waals surface area contributed by atoms with Gasteiger partial charge in [-0.05, 0) is 61.0 Å². The van der Waals surface area contributed by atoms with Crippen LogP contribution in [0.25, 0.3) is 11.8 Å². The summed E-state index contributed by atoms with van der Waals surface area (Å²) in [4.78, 5) is 11.7. The Labute approximate surface area is 173 Å². The molecule has 7 nitrogen and oxygen atoms in total. The maximum absolute atomic E-state index is 12.2. The molecule has 2 aromatic carbocycles. The molecule has 0 fully saturated rings. The molecular weight excluding hydrogens is 414 g/mol. The lowest BCUT2D eigenvalue weighted by atomic mass is 10.2. The lowest BCUT2D eigenvalue weighted by Gasteiger charge is -2.06. The number of rotatable bonds is 7. The number of carbonyl (C=O) groups is 1. The zero-order valence-corrected chi connectivity index (χ0v) is 17.0. The SMILES string of the molecule is CCOC(=O)c1ccn(-c2ccc(NS(=O)(=O)/C=C/c3ccc(Cl)cc3)cc2)n1. The number of nitrogens with zero attached hydrogens (tertiary/aromatic N) is 2. The summed E-state index contributed by atoms with van der Waals surface area (Å²) in [6, 6.07) is 14.9. The number of hydrogen-bond acceptors (Lipinski definition) is 5. The van der Waals surface area contributed by atoms with Crippen LogP contribution >= 0.6 is 11.6 Å². The highest BCUT2D eigenvalue weighted by Crippen LogP contribution is 2.16. The number of benzene rings is 2. The molecule has 1 N–H and O–H groups in total. The molecule has 0 aliphatic carbocycles. The second-order valence-corrected chi connectivity index (χ2v) is 7.92. The van der Waals surface area contributed by atoms with Crippen molar-refractivity contribution in [1.82, 2.24) is 9.78 Å². The minimum absolute atomic E-state index is 0.198. The van der Waals surface area contributed by atoms with Crippen LogP contribution in [0.15, 0.2) is 66.2 Å². The molecule has 1 aromatic heterocycles. The highest BCUT2D eigenvalue weighted by atomic mass is 35.5. The van der Waals surface area contributed by atoms with Gasteiger partial charge < -0.3 is 4.74 Å². The van der Waals surface area contributed by atoms with Crippen molar-refractivity contribution < 1.29 is 17.9 Å². The number of esters is 1. The Morgan fingerprint density at radius 3 is 2.48 bits per heavy atom. The van der Waals surface area contributed by atoms with E-state index in [2.05, 4.69) is 9.82 Å². The molecule has 3 aromatic rings. The topological polar surface area (TPSA) is 90.3 Å². The van der Waals surface area contributed by atoms with Gasteiger partial charge in [-0.25, -0.2) is 17.9 Å². The largest absolute Gasteiger partial charge is 0.461 e. The molecule has 9 heteroatoms. The minimum atomic E-state index is -3.68. The van der Waals surface area contributed by atoms with E-state index in [-0.39, 0.29) is 12.3 Å². The molecule has 0 radical (unpaired) electrons. The first-order valence-corrected chi connectivity index (χ1v) is 10.6. The Bertz CT molecular complexity index is 1120. The lowest BCUT2D eigenvalue weighted by Crippen LogP contribution is -2.09. The van der Waals surface area contributed by atoms with E-state index in [0.29, 0.717) is 22.0 Å². The van der Waals surface area contributed by atoms with Crippen molar-refractivity contribution in [3.05, 3.63) is 82.5 Å². The predicted octanol–water partition coefficient (Wildman–Crippen LogP) is 4.12. The number of halogens is 1. The zero-order chi connectivity index (χ0) is 20.9. The van der Waals surface area contributed by atoms with Crippen LogP contribution in [-0.2, 0) is 14.8 Å². The molecule has 0 bridgehead atoms. The number of sulfonamides is 1. The van der Waals surface area contributed by atoms with Crippen molar-refractivity contribution in [2.45, 2.75) is 6.92 Å². The molecule has 0 saturated carbocycles. The van der Waals surface area contributed by atoms with Crippen molar-refractivity contribution in [1.29, 1.82) is 0 Å². The number of ether oxygens (including phenoxy) is 1. The van der Waals surface area contributed by atoms with Crippen molar-refractivity contribution >= 4 is 39.4 Å². The molecule has 0 atom stereocenters. The van der Waals surface area contributed by atoms with Crippen LogP contribution in [0, 0.1) is 0 Å². The number of anilines is 1. The maximum atomic E-state index is 12.2. The molecule has 0 saturated heterocycles. The summed E-state index contributed by atoms with van der Waals surface area (Å²) in [6.07, 6.45) is 3.11. The summed E-state index contributed by atoms with van der Waals surface area (Å²) in [5.41, 5.74) is 1.97. The summed E-state index contributed by atoms with van der Waals surface area (Å²) in [5, 5.41) is 5.82. The van der Waals surface area contributed by atoms with Crippen LogP contribution in [0.4, 0.5) is 5.69 Å². The highest BCUT2D eigenvalue weighted by Gasteiger charge is 2.11. The van der Waals surface area contributed by atoms with Crippen molar-refractivity contribution in [2.75, 3.05) is 11.3 Å². The van der Waals surface area contributed by atoms with Gasteiger partial charge >= 0.3 is 5.97 Å². The Morgan fingerprint density at radius 2 is 1.83 bits per heavy atom. The Morgan fingerprint density at radius 1 is 1.14 bits per heavy atom. The minimum Gasteiger partial charge on any atom is -0.461 e. The molecule has 0 spiro atoms. The summed E-state index contributed by atoms with van der Waals surface area (Å²) < 4.78 is 33.4. The fourth-order valence-electron chi connectivity index (χ4n) is 2.40. The third-order valence-corrected chi connectivity index (χ3v) is 5.04. The molecule has 3 rings (SSSR count). The Hall–Kier alpha value is -3.10. The highest BCUT2D eigenvalue weighted by molar-refractivity contribution is 7.95. The average molecular weight is 432 g/mol. The first-order chi connectivity index (χ1) is 13.9. The quantitative estimate of drug-likeness (QED) is 0.568. The van der Waals surface area contributed by atoms with E-state index < -0.39 is 16.0 Å². The van der Waals surface area contributed by atoms with Crippen LogP contribution < -0.4 is 4.72 Å². The van der Waals surface area contributed by atoms with Gasteiger partial charge in [-0.2, -0.15) is 5.10 Å². The second-order valence-electron chi connectivity index (χ2n) is 5.91. The van der Waals surface area contributed by atoms with Gasteiger partial charge in [-0.15, -0.1) is 0 Å². The summed E-state index contributed by atoms with van der Waals surface area (Å²) in [6.45, 7) is 1.99. The molecule has 0 aliphatic rings. The van der Waals surface area contributed by atoms with E-state index in [4.69, 9.17) is 16.3 Å². The van der Waals surface area contributed by atoms with Crippen LogP contribution in [0.1, 0.15) is 23.0 Å². The maximum Gasteiger partial charge on any atom is 0.358 e. The zero-order valence-electron chi connectivity index (χ0n) is 15.4. The third kappa shape index (κ3) is 5.69. The number of hydrogen-bond donors (Lipinski definition) is 1. The van der Waals surface area contributed by atoms with Gasteiger partial charge in [0.25, 0.3) is 10.0 Å². The fraction of sp³-hybridized carbons (Fsp3) is 0.100. The molecular formula is C20H18ClN3O4S. The van der Waals surface area contributed by atoms with Crippen LogP contribution in [0.3, 0.4) is 0 Å². The van der Waals surface area contributed by atoms with Gasteiger partial charge in [-0.1, -0.05) is 23.7 Å². The number of carbonyl (C=O) groups excluding carboxylic acids is 1. The molecule has 0 unspecified atom stereocenters. The molecule has 0 aliphatic heterocycles. The monoisotopic (exact) mass is 431 g/mol. The Balaban J connectivity index is 1.68. The van der Waals surface area contributed by atoms with E-state index in [0.717, 1.165) is 5.41 Å². The standard InChI is InChI=1S/C20H18ClN3O4S/c1-2-28-20(25)19-11-13-24(22-19)18-9-7-17(8-10-18)23-29(26,27)14-12-15-3-5-16(21)6-4-15/h3-14,23H,2H2,1H3/b14-12+. The van der Waals surface area contributed by atoms with Gasteiger partial charge in [0, 0.05) is 16.9 Å². The van der Waals surface area contributed by atoms with Crippen molar-refractivity contribution in [2.24, 2.45) is 0 Å². The molecule has 1 heterocycles. The molecule has 0 amide bonds. The van der Waals surface area contributed by atoms with Crippen LogP contribution in [0.2, 0.25) is 5.02 Å². The van der Waals surface area contributed by atoms with Crippen LogP contribution in [-0.4, -0.2) is 30.8 Å². The second kappa shape index (κ2) is 8.93. The summed E-state index contributed by atoms with van der Waals surface area (Å²) >= 11 is 5.81. The summed E-state index contributed by atoms with van der Waals surface area (Å²) in [7, 11) is -3.68. The first-order valence-electron chi connectivity index (χ1n) is 8.66. The van der Waals surface area contributed by atoms with Gasteiger partial charge in [-0.3, -0.25) is 4.72 Å². The first kappa shape index (κ1) is 20.6. The average Bonchev–Trinajstić information content (AvgIpc) is 3.18. The lowest BCUT2D eigenvalue weighted by molar-refractivity contribution is 0.0519. The van der Waals surface area contributed by atoms with E-state index >= 15 is 0 Å². The predicted molar refractivity (Wildman–Crippen MR) is 113 cm³/mol. The third-order valence-electron chi connectivity index (χ3n) is 3.78. The Kier molecular flexibility index (Phi) is 6.36. The van der Waals surface area contributed by atoms with Gasteiger partial charge in [0.2, 0.25) is 0 Å². The van der Waals surface area contributed by atoms with E-state index in [1.54, 1.807) is 67.7 Å². The van der Waals surface area contributed by atoms with Gasteiger partial charge in [0.05, 0.1) is 17.7 Å². The van der Waals surface area contributed by atoms with Crippen LogP contribution in [0.5, 0.6) is 0 Å². The summed E-state index contributed by atoms with van der Waals surface area (Å²) in [5.74, 6) is -0.497. The number of nitrogens with one attached hydrogen (secondary N) is 1. The van der Waals surface area contributed by atoms with Crippen molar-refractivity contribution in [3.8, 4) is 5.69 Å². The van der Waals surface area contributed by atoms with E-state index in [1.807, 2.05) is 0 Å². The fourth-order valence-corrected chi connectivity index (χ4v) is 3.40. The number of aromatic nitrogens is 2. The smallest absolute Gasteiger partial charge is 0.358 e. The van der Waals surface area contributed by atoms with Crippen molar-refractivity contribution in [3.63, 3.8) is 0 Å². The van der Waals surface area contributed by atoms with Gasteiger partial charge in [0.15, 0.2) is 5.69 Å². The normalized spacial score (nSPS) is 11.5.